The van der Waals surface area contributed by atoms with Crippen molar-refractivity contribution in [2.24, 2.45) is 17.6 Å². The number of esters is 1. The lowest BCUT2D eigenvalue weighted by Crippen LogP contribution is -2.52. The third kappa shape index (κ3) is 22.5. The Kier molecular flexibility index (Phi) is 25.6. The second-order valence-corrected chi connectivity index (χ2v) is 16.7. The molecule has 64 heavy (non-hydrogen) atoms. The van der Waals surface area contributed by atoms with Crippen LogP contribution in [0.1, 0.15) is 78.1 Å². The summed E-state index contributed by atoms with van der Waals surface area (Å²) in [6.07, 6.45) is 3.52. The maximum Gasteiger partial charge on any atom is 0.313 e. The molecule has 0 aromatic carbocycles. The van der Waals surface area contributed by atoms with Gasteiger partial charge in [0.1, 0.15) is 24.4 Å². The van der Waals surface area contributed by atoms with Crippen LogP contribution >= 0.6 is 0 Å². The number of hydrogen-bond acceptors (Lipinski definition) is 17. The molecule has 0 aromatic rings. The summed E-state index contributed by atoms with van der Waals surface area (Å²) in [4.78, 5) is 24.9. The Bertz CT molecular complexity index is 1620. The predicted molar refractivity (Wildman–Crippen MR) is 234 cm³/mol. The van der Waals surface area contributed by atoms with E-state index in [4.69, 9.17) is 19.9 Å². The quantitative estimate of drug-likeness (QED) is 0.105. The van der Waals surface area contributed by atoms with Gasteiger partial charge in [0.2, 0.25) is 0 Å². The summed E-state index contributed by atoms with van der Waals surface area (Å²) in [7, 11) is 0. The Morgan fingerprint density at radius 1 is 0.656 bits per heavy atom. The molecule has 0 aliphatic carbocycles. The first kappa shape index (κ1) is 56.4. The highest BCUT2D eigenvalue weighted by Crippen LogP contribution is 2.30. The molecule has 18 heteroatoms. The first-order chi connectivity index (χ1) is 30.1. The summed E-state index contributed by atoms with van der Waals surface area (Å²) < 4.78 is 16.7. The number of nitrogens with two attached hydrogens (primary N) is 1. The van der Waals surface area contributed by atoms with E-state index in [0.717, 1.165) is 0 Å². The van der Waals surface area contributed by atoms with Crippen molar-refractivity contribution in [3.63, 3.8) is 0 Å². The number of hydrogen-bond donors (Lipinski definition) is 13. The number of rotatable bonds is 3. The van der Waals surface area contributed by atoms with E-state index in [9.17, 15) is 70.9 Å². The monoisotopic (exact) mass is 909 g/mol. The lowest BCUT2D eigenvalue weighted by Gasteiger charge is -2.37. The third-order valence-corrected chi connectivity index (χ3v) is 10.6. The van der Waals surface area contributed by atoms with Crippen molar-refractivity contribution in [2.45, 2.75) is 164 Å². The van der Waals surface area contributed by atoms with E-state index in [2.05, 4.69) is 6.58 Å². The van der Waals surface area contributed by atoms with Gasteiger partial charge in [-0.15, -0.1) is 0 Å². The minimum Gasteiger partial charge on any atom is -0.481 e. The van der Waals surface area contributed by atoms with Crippen molar-refractivity contribution < 1.29 is 85.1 Å². The number of carbonyl (C=O) groups excluding carboxylic acids is 1. The molecule has 362 valence electrons. The Morgan fingerprint density at radius 3 is 1.80 bits per heavy atom. The summed E-state index contributed by atoms with van der Waals surface area (Å²) in [6, 6.07) is 0. The van der Waals surface area contributed by atoms with E-state index in [0.29, 0.717) is 0 Å². The lowest BCUT2D eigenvalue weighted by atomic mass is 9.85. The smallest absolute Gasteiger partial charge is 0.313 e. The molecule has 0 bridgehead atoms. The fourth-order valence-corrected chi connectivity index (χ4v) is 7.05. The first-order valence-corrected chi connectivity index (χ1v) is 21.5. The highest BCUT2D eigenvalue weighted by molar-refractivity contribution is 5.74. The van der Waals surface area contributed by atoms with Gasteiger partial charge in [-0.2, -0.15) is 0 Å². The van der Waals surface area contributed by atoms with Crippen LogP contribution in [0.25, 0.3) is 0 Å². The average Bonchev–Trinajstić information content (AvgIpc) is 3.17. The van der Waals surface area contributed by atoms with Gasteiger partial charge < -0.3 is 81.2 Å². The molecular weight excluding hydrogens is 838 g/mol. The van der Waals surface area contributed by atoms with Gasteiger partial charge in [0.15, 0.2) is 12.1 Å². The van der Waals surface area contributed by atoms with Crippen molar-refractivity contribution in [3.05, 3.63) is 97.2 Å². The van der Waals surface area contributed by atoms with Crippen molar-refractivity contribution >= 4 is 11.9 Å². The van der Waals surface area contributed by atoms with E-state index in [-0.39, 0.29) is 50.0 Å². The molecule has 2 aliphatic rings. The van der Waals surface area contributed by atoms with E-state index in [1.54, 1.807) is 85.9 Å². The number of aliphatic hydroxyl groups excluding tert-OH is 9. The molecule has 2 rings (SSSR count). The van der Waals surface area contributed by atoms with Gasteiger partial charge >= 0.3 is 11.9 Å². The molecule has 13 unspecified atom stereocenters. The normalized spacial score (nSPS) is 40.6. The third-order valence-electron chi connectivity index (χ3n) is 10.6. The maximum atomic E-state index is 12.4. The molecule has 14 N–H and O–H groups in total. The molecule has 15 atom stereocenters. The van der Waals surface area contributed by atoms with Crippen LogP contribution in [0.2, 0.25) is 0 Å². The molecule has 0 saturated carbocycles. The van der Waals surface area contributed by atoms with E-state index in [1.807, 2.05) is 6.92 Å². The molecule has 2 aliphatic heterocycles. The number of carboxylic acids is 1. The van der Waals surface area contributed by atoms with E-state index >= 15 is 0 Å². The highest BCUT2D eigenvalue weighted by atomic mass is 16.7. The number of aliphatic carboxylic acids is 1. The summed E-state index contributed by atoms with van der Waals surface area (Å²) in [5.74, 6) is -7.26. The van der Waals surface area contributed by atoms with E-state index < -0.39 is 129 Å². The van der Waals surface area contributed by atoms with Gasteiger partial charge in [-0.1, -0.05) is 104 Å². The van der Waals surface area contributed by atoms with Crippen molar-refractivity contribution in [2.75, 3.05) is 0 Å². The lowest BCUT2D eigenvalue weighted by molar-refractivity contribution is -0.272. The van der Waals surface area contributed by atoms with Crippen molar-refractivity contribution in [3.8, 4) is 0 Å². The average molecular weight is 910 g/mol. The Labute approximate surface area is 374 Å². The minimum atomic E-state index is -2.87. The molecule has 18 nitrogen and oxygen atoms in total. The van der Waals surface area contributed by atoms with Gasteiger partial charge in [0.05, 0.1) is 61.4 Å². The van der Waals surface area contributed by atoms with Crippen molar-refractivity contribution in [1.29, 1.82) is 0 Å². The topological polar surface area (TPSA) is 331 Å². The summed E-state index contributed by atoms with van der Waals surface area (Å²) in [5.41, 5.74) is 5.68. The van der Waals surface area contributed by atoms with Crippen LogP contribution in [0.5, 0.6) is 0 Å². The second kappa shape index (κ2) is 29.0. The number of allylic oxidation sites excluding steroid dienone is 12. The van der Waals surface area contributed by atoms with Gasteiger partial charge in [0, 0.05) is 38.0 Å². The largest absolute Gasteiger partial charge is 0.481 e. The van der Waals surface area contributed by atoms with Crippen LogP contribution in [-0.2, 0) is 23.8 Å². The van der Waals surface area contributed by atoms with E-state index in [1.165, 1.54) is 6.08 Å². The zero-order chi connectivity index (χ0) is 48.0. The number of carboxylic acid groups (broad SMARTS) is 1. The van der Waals surface area contributed by atoms with Crippen LogP contribution in [0.15, 0.2) is 97.2 Å². The van der Waals surface area contributed by atoms with Gasteiger partial charge in [-0.25, -0.2) is 0 Å². The Morgan fingerprint density at radius 2 is 1.22 bits per heavy atom. The molecule has 1 fully saturated rings. The Balaban J connectivity index is 2.29. The van der Waals surface area contributed by atoms with Gasteiger partial charge in [-0.3, -0.25) is 9.59 Å². The molecule has 1 saturated heterocycles. The number of cyclic esters (lactones) is 1. The number of aliphatic hydroxyl groups is 11. The van der Waals surface area contributed by atoms with Gasteiger partial charge in [-0.05, 0) is 32.6 Å². The Hall–Kier alpha value is -3.70. The standard InChI is InChI=1S/C46H71NO17/c1-28-16-14-12-10-8-6-4-5-7-9-11-13-15-17-34(63-45-39(55)25-38(54)43(47)64-45)20-29(2)42(44(58)59)40(56)27-46(60,61)26-33(50)23-37(53)35(51)19-18-31(48)22-32(49)24-41(57)62-30(3)21-36(28)52/h4-17,28,30-40,42-43,45,48-56,60-61H,2,18-27,47H2,1,3H3,(H,58,59)/b5-4+,8-6+,9-7+,12-10+,13-11+,16-14+,17-15+/t28-,30-,31?,32?,33?,34?,35?,36?,37?,38?,39?,40?,42?,43?,45?/m0/s1. The zero-order valence-corrected chi connectivity index (χ0v) is 36.5. The summed E-state index contributed by atoms with van der Waals surface area (Å²) in [6.45, 7) is 7.23. The summed E-state index contributed by atoms with van der Waals surface area (Å²) >= 11 is 0. The maximum absolute atomic E-state index is 12.4. The number of ether oxygens (including phenoxy) is 3. The van der Waals surface area contributed by atoms with Crippen LogP contribution in [0, 0.1) is 11.8 Å². The molecule has 0 amide bonds. The molecule has 0 spiro atoms. The number of carbonyl (C=O) groups is 2. The zero-order valence-electron chi connectivity index (χ0n) is 36.5. The second-order valence-electron chi connectivity index (χ2n) is 16.7. The predicted octanol–water partition coefficient (Wildman–Crippen LogP) is 0.575. The fourth-order valence-electron chi connectivity index (χ4n) is 7.05. The van der Waals surface area contributed by atoms with Crippen molar-refractivity contribution in [1.82, 2.24) is 0 Å². The fraction of sp³-hybridized carbons (Fsp3) is 0.609. The molecule has 2 heterocycles. The van der Waals surface area contributed by atoms with Gasteiger partial charge in [0.25, 0.3) is 0 Å². The minimum absolute atomic E-state index is 0.126. The highest BCUT2D eigenvalue weighted by Gasteiger charge is 2.40. The molecule has 0 radical (unpaired) electrons. The first-order valence-electron chi connectivity index (χ1n) is 21.5. The van der Waals surface area contributed by atoms with Crippen LogP contribution in [0.4, 0.5) is 0 Å². The van der Waals surface area contributed by atoms with Crippen LogP contribution < -0.4 is 5.73 Å². The van der Waals surface area contributed by atoms with Crippen LogP contribution in [-0.4, -0.2) is 159 Å². The molecule has 0 aromatic heterocycles. The SMILES string of the molecule is C=C1CC(OC2OC(N)C(O)CC2O)/C=C/C=C/C=C/C=C/C=C/C=C/C=C/[C@H](C)C(O)C[C@H](C)OC(=O)CC(O)CC(O)CCC(O)C(O)CC(O)CC(O)(O)CC(O)C1C(=O)O. The molecular formula is C46H71NO17. The summed E-state index contributed by atoms with van der Waals surface area (Å²) in [5, 5.41) is 126. The van der Waals surface area contributed by atoms with Crippen LogP contribution in [0.3, 0.4) is 0 Å².